The SMILES string of the molecule is CCC(C)NC(=O)c1cnc(Nc2ccc(F)cc2)c2ccccc12. The molecule has 128 valence electrons. The number of hydrogen-bond donors (Lipinski definition) is 2. The highest BCUT2D eigenvalue weighted by atomic mass is 19.1. The lowest BCUT2D eigenvalue weighted by Gasteiger charge is -2.14. The predicted octanol–water partition coefficient (Wildman–Crippen LogP) is 4.65. The van der Waals surface area contributed by atoms with Crippen LogP contribution in [0.4, 0.5) is 15.9 Å². The number of amides is 1. The van der Waals surface area contributed by atoms with Crippen LogP contribution in [-0.2, 0) is 0 Å². The van der Waals surface area contributed by atoms with Crippen molar-refractivity contribution in [2.75, 3.05) is 5.32 Å². The van der Waals surface area contributed by atoms with Crippen LogP contribution in [-0.4, -0.2) is 16.9 Å². The van der Waals surface area contributed by atoms with Crippen LogP contribution in [0.15, 0.2) is 54.7 Å². The molecule has 3 rings (SSSR count). The summed E-state index contributed by atoms with van der Waals surface area (Å²) in [6, 6.07) is 13.8. The van der Waals surface area contributed by atoms with Crippen LogP contribution < -0.4 is 10.6 Å². The molecule has 0 aliphatic rings. The Labute approximate surface area is 146 Å². The van der Waals surface area contributed by atoms with Crippen LogP contribution in [0.5, 0.6) is 0 Å². The first-order valence-corrected chi connectivity index (χ1v) is 8.29. The molecule has 0 aliphatic carbocycles. The minimum absolute atomic E-state index is 0.100. The molecule has 0 fully saturated rings. The smallest absolute Gasteiger partial charge is 0.253 e. The lowest BCUT2D eigenvalue weighted by Crippen LogP contribution is -2.32. The maximum Gasteiger partial charge on any atom is 0.253 e. The quantitative estimate of drug-likeness (QED) is 0.713. The molecule has 4 nitrogen and oxygen atoms in total. The zero-order valence-electron chi connectivity index (χ0n) is 14.2. The van der Waals surface area contributed by atoms with E-state index in [4.69, 9.17) is 0 Å². The number of rotatable bonds is 5. The standard InChI is InChI=1S/C20H20FN3O/c1-3-13(2)23-20(25)18-12-22-19(17-7-5-4-6-16(17)18)24-15-10-8-14(21)9-11-15/h4-13H,3H2,1-2H3,(H,22,24)(H,23,25). The van der Waals surface area contributed by atoms with Crippen molar-refractivity contribution in [1.82, 2.24) is 10.3 Å². The Balaban J connectivity index is 1.98. The molecule has 0 spiro atoms. The Bertz CT molecular complexity index is 893. The Morgan fingerprint density at radius 1 is 1.12 bits per heavy atom. The molecule has 1 amide bonds. The van der Waals surface area contributed by atoms with Crippen LogP contribution >= 0.6 is 0 Å². The zero-order valence-corrected chi connectivity index (χ0v) is 14.2. The first-order valence-electron chi connectivity index (χ1n) is 8.29. The molecule has 0 bridgehead atoms. The van der Waals surface area contributed by atoms with Gasteiger partial charge in [-0.25, -0.2) is 9.37 Å². The number of fused-ring (bicyclic) bond motifs is 1. The lowest BCUT2D eigenvalue weighted by atomic mass is 10.1. The predicted molar refractivity (Wildman–Crippen MR) is 98.6 cm³/mol. The summed E-state index contributed by atoms with van der Waals surface area (Å²) < 4.78 is 13.1. The second-order valence-corrected chi connectivity index (χ2v) is 5.98. The highest BCUT2D eigenvalue weighted by molar-refractivity contribution is 6.09. The number of carbonyl (C=O) groups excluding carboxylic acids is 1. The summed E-state index contributed by atoms with van der Waals surface area (Å²) >= 11 is 0. The van der Waals surface area contributed by atoms with Crippen LogP contribution in [0.2, 0.25) is 0 Å². The molecule has 2 aromatic carbocycles. The van der Waals surface area contributed by atoms with Crippen molar-refractivity contribution in [2.45, 2.75) is 26.3 Å². The summed E-state index contributed by atoms with van der Waals surface area (Å²) in [5, 5.41) is 7.81. The number of halogens is 1. The van der Waals surface area contributed by atoms with Crippen LogP contribution in [0.25, 0.3) is 10.8 Å². The van der Waals surface area contributed by atoms with Crippen LogP contribution in [0, 0.1) is 5.82 Å². The van der Waals surface area contributed by atoms with E-state index in [2.05, 4.69) is 15.6 Å². The third kappa shape index (κ3) is 3.76. The Hall–Kier alpha value is -2.95. The monoisotopic (exact) mass is 337 g/mol. The largest absolute Gasteiger partial charge is 0.350 e. The molecule has 3 aromatic rings. The van der Waals surface area contributed by atoms with E-state index in [1.54, 1.807) is 18.3 Å². The fourth-order valence-electron chi connectivity index (χ4n) is 2.55. The number of nitrogens with zero attached hydrogens (tertiary/aromatic N) is 1. The molecule has 1 aromatic heterocycles. The first-order chi connectivity index (χ1) is 12.1. The number of anilines is 2. The van der Waals surface area contributed by atoms with Gasteiger partial charge in [0.25, 0.3) is 5.91 Å². The minimum Gasteiger partial charge on any atom is -0.350 e. The molecule has 1 atom stereocenters. The fourth-order valence-corrected chi connectivity index (χ4v) is 2.55. The normalized spacial score (nSPS) is 12.0. The molecule has 0 saturated heterocycles. The highest BCUT2D eigenvalue weighted by Crippen LogP contribution is 2.27. The molecular weight excluding hydrogens is 317 g/mol. The Morgan fingerprint density at radius 2 is 1.80 bits per heavy atom. The topological polar surface area (TPSA) is 54.0 Å². The van der Waals surface area contributed by atoms with E-state index >= 15 is 0 Å². The molecule has 0 radical (unpaired) electrons. The molecule has 1 heterocycles. The second kappa shape index (κ2) is 7.30. The molecular formula is C20H20FN3O. The van der Waals surface area contributed by atoms with E-state index in [1.165, 1.54) is 12.1 Å². The van der Waals surface area contributed by atoms with Crippen molar-refractivity contribution < 1.29 is 9.18 Å². The van der Waals surface area contributed by atoms with Crippen molar-refractivity contribution >= 4 is 28.2 Å². The van der Waals surface area contributed by atoms with Gasteiger partial charge in [-0.3, -0.25) is 4.79 Å². The molecule has 1 unspecified atom stereocenters. The fraction of sp³-hybridized carbons (Fsp3) is 0.200. The number of hydrogen-bond acceptors (Lipinski definition) is 3. The summed E-state index contributed by atoms with van der Waals surface area (Å²) in [4.78, 5) is 16.9. The van der Waals surface area contributed by atoms with Crippen molar-refractivity contribution in [3.8, 4) is 0 Å². The van der Waals surface area contributed by atoms with Gasteiger partial charge in [0.15, 0.2) is 0 Å². The van der Waals surface area contributed by atoms with Crippen LogP contribution in [0.1, 0.15) is 30.6 Å². The third-order valence-corrected chi connectivity index (χ3v) is 4.14. The highest BCUT2D eigenvalue weighted by Gasteiger charge is 2.15. The van der Waals surface area contributed by atoms with Gasteiger partial charge in [0.2, 0.25) is 0 Å². The van der Waals surface area contributed by atoms with E-state index in [0.29, 0.717) is 11.4 Å². The molecule has 25 heavy (non-hydrogen) atoms. The Morgan fingerprint density at radius 3 is 2.48 bits per heavy atom. The van der Waals surface area contributed by atoms with Crippen molar-refractivity contribution in [3.63, 3.8) is 0 Å². The van der Waals surface area contributed by atoms with Crippen LogP contribution in [0.3, 0.4) is 0 Å². The zero-order chi connectivity index (χ0) is 17.8. The van der Waals surface area contributed by atoms with E-state index in [9.17, 15) is 9.18 Å². The van der Waals surface area contributed by atoms with E-state index in [-0.39, 0.29) is 17.8 Å². The molecule has 0 saturated carbocycles. The van der Waals surface area contributed by atoms with E-state index in [1.807, 2.05) is 38.1 Å². The van der Waals surface area contributed by atoms with Gasteiger partial charge in [-0.1, -0.05) is 31.2 Å². The summed E-state index contributed by atoms with van der Waals surface area (Å²) in [5.41, 5.74) is 1.27. The number of carbonyl (C=O) groups is 1. The third-order valence-electron chi connectivity index (χ3n) is 4.14. The number of benzene rings is 2. The number of nitrogens with one attached hydrogen (secondary N) is 2. The molecule has 2 N–H and O–H groups in total. The summed E-state index contributed by atoms with van der Waals surface area (Å²) in [7, 11) is 0. The summed E-state index contributed by atoms with van der Waals surface area (Å²) in [6.07, 6.45) is 2.44. The van der Waals surface area contributed by atoms with Gasteiger partial charge in [-0.05, 0) is 43.0 Å². The van der Waals surface area contributed by atoms with Crippen molar-refractivity contribution in [1.29, 1.82) is 0 Å². The minimum atomic E-state index is -0.291. The van der Waals surface area contributed by atoms with Gasteiger partial charge in [0.05, 0.1) is 5.56 Å². The van der Waals surface area contributed by atoms with Gasteiger partial charge < -0.3 is 10.6 Å². The first kappa shape index (κ1) is 16.9. The van der Waals surface area contributed by atoms with Crippen molar-refractivity contribution in [2.24, 2.45) is 0 Å². The lowest BCUT2D eigenvalue weighted by molar-refractivity contribution is 0.0940. The van der Waals surface area contributed by atoms with Crippen molar-refractivity contribution in [3.05, 3.63) is 66.1 Å². The second-order valence-electron chi connectivity index (χ2n) is 5.98. The average molecular weight is 337 g/mol. The maximum atomic E-state index is 13.1. The Kier molecular flexibility index (Phi) is 4.93. The summed E-state index contributed by atoms with van der Waals surface area (Å²) in [5.74, 6) is 0.203. The summed E-state index contributed by atoms with van der Waals surface area (Å²) in [6.45, 7) is 4.00. The average Bonchev–Trinajstić information content (AvgIpc) is 2.63. The molecule has 5 heteroatoms. The van der Waals surface area contributed by atoms with E-state index in [0.717, 1.165) is 22.9 Å². The van der Waals surface area contributed by atoms with Gasteiger partial charge in [0.1, 0.15) is 11.6 Å². The van der Waals surface area contributed by atoms with E-state index < -0.39 is 0 Å². The van der Waals surface area contributed by atoms with Gasteiger partial charge in [-0.15, -0.1) is 0 Å². The van der Waals surface area contributed by atoms with Gasteiger partial charge in [0, 0.05) is 23.3 Å². The molecule has 0 aliphatic heterocycles. The number of pyridine rings is 1. The maximum absolute atomic E-state index is 13.1. The number of aromatic nitrogens is 1. The van der Waals surface area contributed by atoms with Gasteiger partial charge >= 0.3 is 0 Å². The van der Waals surface area contributed by atoms with Gasteiger partial charge in [-0.2, -0.15) is 0 Å².